The second-order valence-corrected chi connectivity index (χ2v) is 10.4. The Kier molecular flexibility index (Phi) is 7.73. The topological polar surface area (TPSA) is 128 Å². The number of nitrogens with one attached hydrogen (secondary N) is 1. The van der Waals surface area contributed by atoms with E-state index >= 15 is 0 Å². The van der Waals surface area contributed by atoms with Crippen LogP contribution in [0, 0.1) is 0 Å². The minimum Gasteiger partial charge on any atom is -0.496 e. The van der Waals surface area contributed by atoms with Crippen molar-refractivity contribution in [1.29, 1.82) is 0 Å². The first-order valence-electron chi connectivity index (χ1n) is 9.37. The number of rotatable bonds is 8. The number of esters is 1. The van der Waals surface area contributed by atoms with Crippen molar-refractivity contribution in [2.24, 2.45) is 0 Å². The van der Waals surface area contributed by atoms with E-state index in [-0.39, 0.29) is 27.3 Å². The molecule has 0 radical (unpaired) electrons. The van der Waals surface area contributed by atoms with Gasteiger partial charge in [-0.2, -0.15) is 0 Å². The molecule has 3 rings (SSSR count). The highest BCUT2D eigenvalue weighted by Crippen LogP contribution is 2.29. The van der Waals surface area contributed by atoms with Gasteiger partial charge in [0.25, 0.3) is 15.9 Å². The predicted molar refractivity (Wildman–Crippen MR) is 116 cm³/mol. The molecule has 0 bridgehead atoms. The molecule has 0 spiro atoms. The van der Waals surface area contributed by atoms with Crippen LogP contribution in [0.3, 0.4) is 0 Å². The highest BCUT2D eigenvalue weighted by molar-refractivity contribution is 8.01. The molecule has 1 saturated heterocycles. The van der Waals surface area contributed by atoms with Gasteiger partial charge in [0.1, 0.15) is 5.75 Å². The summed E-state index contributed by atoms with van der Waals surface area (Å²) in [4.78, 5) is 25.8. The van der Waals surface area contributed by atoms with Crippen LogP contribution in [0.25, 0.3) is 0 Å². The third kappa shape index (κ3) is 5.86. The van der Waals surface area contributed by atoms with E-state index in [1.807, 2.05) is 0 Å². The number of sulfonamides is 1. The second kappa shape index (κ2) is 10.3. The maximum Gasteiger partial charge on any atom is 0.316 e. The molecule has 1 aromatic carbocycles. The maximum absolute atomic E-state index is 12.9. The summed E-state index contributed by atoms with van der Waals surface area (Å²) in [6, 6.07) is 4.14. The van der Waals surface area contributed by atoms with E-state index in [2.05, 4.69) is 19.7 Å². The van der Waals surface area contributed by atoms with Crippen LogP contribution >= 0.6 is 23.1 Å². The number of anilines is 1. The van der Waals surface area contributed by atoms with Crippen LogP contribution in [-0.4, -0.2) is 68.5 Å². The van der Waals surface area contributed by atoms with Crippen LogP contribution in [0.5, 0.6) is 5.75 Å². The van der Waals surface area contributed by atoms with E-state index in [0.29, 0.717) is 23.2 Å². The van der Waals surface area contributed by atoms with E-state index in [0.717, 1.165) is 42.4 Å². The predicted octanol–water partition coefficient (Wildman–Crippen LogP) is 2.24. The maximum atomic E-state index is 12.9. The minimum absolute atomic E-state index is 0.0400. The molecule has 2 heterocycles. The van der Waals surface area contributed by atoms with E-state index in [4.69, 9.17) is 4.74 Å². The van der Waals surface area contributed by atoms with Crippen LogP contribution in [0.2, 0.25) is 0 Å². The summed E-state index contributed by atoms with van der Waals surface area (Å²) < 4.78 is 38.3. The number of carbonyl (C=O) groups excluding carboxylic acids is 2. The van der Waals surface area contributed by atoms with Gasteiger partial charge in [0.2, 0.25) is 5.13 Å². The number of piperidine rings is 1. The molecule has 10 nitrogen and oxygen atoms in total. The molecule has 1 N–H and O–H groups in total. The molecular weight excluding hydrogens is 464 g/mol. The molecular formula is C18H22N4O6S3. The van der Waals surface area contributed by atoms with Crippen molar-refractivity contribution >= 4 is 50.1 Å². The number of benzene rings is 1. The molecule has 168 valence electrons. The Labute approximate surface area is 188 Å². The van der Waals surface area contributed by atoms with Crippen molar-refractivity contribution < 1.29 is 27.5 Å². The Hall–Kier alpha value is -2.38. The molecule has 13 heteroatoms. The number of amides is 1. The average molecular weight is 487 g/mol. The molecule has 0 saturated carbocycles. The summed E-state index contributed by atoms with van der Waals surface area (Å²) in [5.41, 5.74) is 0.193. The third-order valence-corrected chi connectivity index (χ3v) is 7.94. The second-order valence-electron chi connectivity index (χ2n) is 6.56. The van der Waals surface area contributed by atoms with Gasteiger partial charge in [0.15, 0.2) is 4.34 Å². The van der Waals surface area contributed by atoms with Gasteiger partial charge in [-0.05, 0) is 37.5 Å². The van der Waals surface area contributed by atoms with Gasteiger partial charge in [0.05, 0.1) is 30.4 Å². The number of aromatic nitrogens is 2. The highest BCUT2D eigenvalue weighted by Gasteiger charge is 2.25. The Morgan fingerprint density at radius 1 is 1.19 bits per heavy atom. The summed E-state index contributed by atoms with van der Waals surface area (Å²) in [5.74, 6) is -0.331. The smallest absolute Gasteiger partial charge is 0.316 e. The number of nitrogens with zero attached hydrogens (tertiary/aromatic N) is 3. The van der Waals surface area contributed by atoms with Crippen molar-refractivity contribution in [2.75, 3.05) is 37.8 Å². The largest absolute Gasteiger partial charge is 0.496 e. The molecule has 1 amide bonds. The number of thioether (sulfide) groups is 1. The first kappa shape index (κ1) is 23.3. The summed E-state index contributed by atoms with van der Waals surface area (Å²) >= 11 is 2.08. The quantitative estimate of drug-likeness (QED) is 0.441. The van der Waals surface area contributed by atoms with Crippen LogP contribution in [-0.2, 0) is 19.6 Å². The Morgan fingerprint density at radius 3 is 2.61 bits per heavy atom. The van der Waals surface area contributed by atoms with Crippen LogP contribution < -0.4 is 9.46 Å². The van der Waals surface area contributed by atoms with Gasteiger partial charge in [-0.25, -0.2) is 8.42 Å². The molecule has 31 heavy (non-hydrogen) atoms. The molecule has 0 unspecified atom stereocenters. The fraction of sp³-hybridized carbons (Fsp3) is 0.444. The summed E-state index contributed by atoms with van der Waals surface area (Å²) in [6.45, 7) is 1.27. The molecule has 0 aliphatic carbocycles. The van der Waals surface area contributed by atoms with Crippen molar-refractivity contribution in [3.05, 3.63) is 23.8 Å². The van der Waals surface area contributed by atoms with Crippen molar-refractivity contribution in [1.82, 2.24) is 15.1 Å². The number of hydrogen-bond acceptors (Lipinski definition) is 10. The third-order valence-electron chi connectivity index (χ3n) is 4.52. The first-order valence-corrected chi connectivity index (χ1v) is 12.7. The fourth-order valence-corrected chi connectivity index (χ4v) is 5.79. The average Bonchev–Trinajstić information content (AvgIpc) is 3.23. The lowest BCUT2D eigenvalue weighted by Crippen LogP contribution is -2.35. The van der Waals surface area contributed by atoms with Crippen molar-refractivity contribution in [2.45, 2.75) is 28.5 Å². The lowest BCUT2D eigenvalue weighted by Gasteiger charge is -2.27. The Morgan fingerprint density at radius 2 is 1.94 bits per heavy atom. The van der Waals surface area contributed by atoms with Crippen LogP contribution in [0.1, 0.15) is 29.6 Å². The molecule has 1 aliphatic heterocycles. The number of methoxy groups -OCH3 is 2. The zero-order chi connectivity index (χ0) is 22.4. The van der Waals surface area contributed by atoms with E-state index < -0.39 is 16.0 Å². The number of likely N-dealkylation sites (tertiary alicyclic amines) is 1. The van der Waals surface area contributed by atoms with Gasteiger partial charge < -0.3 is 14.4 Å². The lowest BCUT2D eigenvalue weighted by atomic mass is 10.1. The molecule has 2 aromatic rings. The van der Waals surface area contributed by atoms with Gasteiger partial charge in [-0.3, -0.25) is 14.3 Å². The zero-order valence-corrected chi connectivity index (χ0v) is 19.4. The molecule has 1 aliphatic rings. The van der Waals surface area contributed by atoms with Crippen LogP contribution in [0.15, 0.2) is 27.4 Å². The van der Waals surface area contributed by atoms with Crippen molar-refractivity contribution in [3.63, 3.8) is 0 Å². The fourth-order valence-electron chi connectivity index (χ4n) is 2.95. The van der Waals surface area contributed by atoms with Crippen LogP contribution in [0.4, 0.5) is 5.13 Å². The Balaban J connectivity index is 1.78. The number of ether oxygens (including phenoxy) is 2. The minimum atomic E-state index is -4.02. The standard InChI is InChI=1S/C18H22N4O6S3/c1-27-14-7-6-12(10-13(14)16(24)22-8-4-3-5-9-22)31(25,26)21-17-19-20-18(30-17)29-11-15(23)28-2/h6-7,10H,3-5,8-9,11H2,1-2H3,(H,19,21). The summed E-state index contributed by atoms with van der Waals surface area (Å²) in [6.07, 6.45) is 2.91. The van der Waals surface area contributed by atoms with Gasteiger partial charge in [0, 0.05) is 13.1 Å². The zero-order valence-electron chi connectivity index (χ0n) is 17.0. The van der Waals surface area contributed by atoms with E-state index in [1.165, 1.54) is 32.4 Å². The summed E-state index contributed by atoms with van der Waals surface area (Å²) in [7, 11) is -1.30. The normalized spacial score (nSPS) is 14.2. The van der Waals surface area contributed by atoms with E-state index in [9.17, 15) is 18.0 Å². The van der Waals surface area contributed by atoms with Crippen molar-refractivity contribution in [3.8, 4) is 5.75 Å². The Bertz CT molecular complexity index is 1050. The molecule has 1 fully saturated rings. The monoisotopic (exact) mass is 486 g/mol. The summed E-state index contributed by atoms with van der Waals surface area (Å²) in [5, 5.41) is 7.70. The van der Waals surface area contributed by atoms with Gasteiger partial charge in [-0.15, -0.1) is 10.2 Å². The lowest BCUT2D eigenvalue weighted by molar-refractivity contribution is -0.137. The van der Waals surface area contributed by atoms with Gasteiger partial charge in [-0.1, -0.05) is 23.1 Å². The number of carbonyl (C=O) groups is 2. The van der Waals surface area contributed by atoms with Gasteiger partial charge >= 0.3 is 5.97 Å². The highest BCUT2D eigenvalue weighted by atomic mass is 32.2. The molecule has 0 atom stereocenters. The number of hydrogen-bond donors (Lipinski definition) is 1. The van der Waals surface area contributed by atoms with E-state index in [1.54, 1.807) is 4.90 Å². The molecule has 1 aromatic heterocycles. The SMILES string of the molecule is COC(=O)CSc1nnc(NS(=O)(=O)c2ccc(OC)c(C(=O)N3CCCCC3)c2)s1. The first-order chi connectivity index (χ1) is 14.8.